The molecular weight excluding hydrogens is 150 g/mol. The van der Waals surface area contributed by atoms with Gasteiger partial charge in [-0.2, -0.15) is 11.8 Å². The minimum absolute atomic E-state index is 0.365. The molecule has 0 aliphatic carbocycles. The Morgan fingerprint density at radius 1 is 1.80 bits per heavy atom. The van der Waals surface area contributed by atoms with Crippen molar-refractivity contribution in [1.82, 2.24) is 5.06 Å². The van der Waals surface area contributed by atoms with Gasteiger partial charge in [0, 0.05) is 18.1 Å². The fourth-order valence-electron chi connectivity index (χ4n) is 0.924. The lowest BCUT2D eigenvalue weighted by Gasteiger charge is -2.29. The molecule has 0 bridgehead atoms. The molecule has 0 spiro atoms. The van der Waals surface area contributed by atoms with Gasteiger partial charge in [-0.25, -0.2) is 0 Å². The molecule has 0 saturated carbocycles. The summed E-state index contributed by atoms with van der Waals surface area (Å²) in [4.78, 5) is 14.7. The average molecular weight is 161 g/mol. The predicted molar refractivity (Wildman–Crippen MR) is 40.6 cm³/mol. The largest absolute Gasteiger partial charge is 0.371 e. The van der Waals surface area contributed by atoms with Gasteiger partial charge in [-0.1, -0.05) is 0 Å². The van der Waals surface area contributed by atoms with Gasteiger partial charge in [-0.05, 0) is 6.92 Å². The van der Waals surface area contributed by atoms with E-state index in [2.05, 4.69) is 6.92 Å². The second-order valence-corrected chi connectivity index (χ2v) is 3.42. The molecule has 1 aliphatic rings. The van der Waals surface area contributed by atoms with Crippen molar-refractivity contribution in [2.75, 3.05) is 18.1 Å². The number of thioether (sulfide) groups is 1. The number of hydrogen-bond acceptors (Lipinski definition) is 4. The normalized spacial score (nSPS) is 27.9. The maximum Gasteiger partial charge on any atom is 0.313 e. The summed E-state index contributed by atoms with van der Waals surface area (Å²) in [5.41, 5.74) is 0. The minimum Gasteiger partial charge on any atom is -0.371 e. The van der Waals surface area contributed by atoms with Crippen LogP contribution in [0.1, 0.15) is 6.92 Å². The quantitative estimate of drug-likeness (QED) is 0.552. The Balaban J connectivity index is 2.32. The molecule has 10 heavy (non-hydrogen) atoms. The van der Waals surface area contributed by atoms with E-state index < -0.39 is 0 Å². The van der Waals surface area contributed by atoms with Crippen LogP contribution >= 0.6 is 11.8 Å². The van der Waals surface area contributed by atoms with Gasteiger partial charge in [0.2, 0.25) is 0 Å². The Bertz CT molecular complexity index is 120. The SMILES string of the molecule is CC1CSCCN1OC=O. The molecule has 58 valence electrons. The molecule has 1 atom stereocenters. The van der Waals surface area contributed by atoms with Gasteiger partial charge >= 0.3 is 6.47 Å². The van der Waals surface area contributed by atoms with E-state index in [4.69, 9.17) is 4.84 Å². The van der Waals surface area contributed by atoms with E-state index in [1.165, 1.54) is 0 Å². The molecule has 1 heterocycles. The summed E-state index contributed by atoms with van der Waals surface area (Å²) in [5.74, 6) is 2.10. The van der Waals surface area contributed by atoms with Crippen LogP contribution in [0.15, 0.2) is 0 Å². The predicted octanol–water partition coefficient (Wildman–Crippen LogP) is 0.512. The molecular formula is C6H11NO2S. The van der Waals surface area contributed by atoms with Crippen molar-refractivity contribution in [3.63, 3.8) is 0 Å². The Labute approximate surface area is 64.7 Å². The van der Waals surface area contributed by atoms with Gasteiger partial charge in [-0.3, -0.25) is 4.79 Å². The third kappa shape index (κ3) is 1.88. The van der Waals surface area contributed by atoms with E-state index in [9.17, 15) is 4.79 Å². The van der Waals surface area contributed by atoms with Crippen LogP contribution in [0.4, 0.5) is 0 Å². The highest BCUT2D eigenvalue weighted by Gasteiger charge is 2.18. The van der Waals surface area contributed by atoms with Crippen LogP contribution in [0, 0.1) is 0 Å². The average Bonchev–Trinajstić information content (AvgIpc) is 1.94. The monoisotopic (exact) mass is 161 g/mol. The van der Waals surface area contributed by atoms with Gasteiger partial charge in [-0.15, -0.1) is 5.06 Å². The van der Waals surface area contributed by atoms with Crippen molar-refractivity contribution in [2.45, 2.75) is 13.0 Å². The van der Waals surface area contributed by atoms with E-state index in [1.807, 2.05) is 11.8 Å². The molecule has 0 aromatic heterocycles. The molecule has 0 aromatic carbocycles. The molecule has 0 amide bonds. The number of hydroxylamine groups is 2. The Morgan fingerprint density at radius 2 is 2.60 bits per heavy atom. The maximum absolute atomic E-state index is 9.95. The summed E-state index contributed by atoms with van der Waals surface area (Å²) in [6.07, 6.45) is 0. The maximum atomic E-state index is 9.95. The first-order valence-corrected chi connectivity index (χ1v) is 4.45. The first-order valence-electron chi connectivity index (χ1n) is 3.29. The van der Waals surface area contributed by atoms with Crippen LogP contribution < -0.4 is 0 Å². The van der Waals surface area contributed by atoms with Gasteiger partial charge in [0.05, 0.1) is 6.04 Å². The molecule has 1 rings (SSSR count). The summed E-state index contributed by atoms with van der Waals surface area (Å²) in [5, 5.41) is 1.73. The summed E-state index contributed by atoms with van der Waals surface area (Å²) < 4.78 is 0. The number of carbonyl (C=O) groups excluding carboxylic acids is 1. The van der Waals surface area contributed by atoms with Crippen LogP contribution in [0.3, 0.4) is 0 Å². The number of rotatable bonds is 2. The number of hydrogen-bond donors (Lipinski definition) is 0. The smallest absolute Gasteiger partial charge is 0.313 e. The van der Waals surface area contributed by atoms with Gasteiger partial charge in [0.25, 0.3) is 0 Å². The highest BCUT2D eigenvalue weighted by atomic mass is 32.2. The van der Waals surface area contributed by atoms with Crippen LogP contribution in [0.25, 0.3) is 0 Å². The summed E-state index contributed by atoms with van der Waals surface area (Å²) >= 11 is 1.90. The van der Waals surface area contributed by atoms with Crippen molar-refractivity contribution >= 4 is 18.2 Å². The van der Waals surface area contributed by atoms with E-state index in [-0.39, 0.29) is 0 Å². The number of carbonyl (C=O) groups is 1. The highest BCUT2D eigenvalue weighted by molar-refractivity contribution is 7.99. The topological polar surface area (TPSA) is 29.5 Å². The summed E-state index contributed by atoms with van der Waals surface area (Å²) in [7, 11) is 0. The molecule has 1 fully saturated rings. The Kier molecular flexibility index (Phi) is 3.02. The fourth-order valence-corrected chi connectivity index (χ4v) is 1.91. The van der Waals surface area contributed by atoms with E-state index in [0.717, 1.165) is 18.1 Å². The summed E-state index contributed by atoms with van der Waals surface area (Å²) in [6, 6.07) is 0.365. The van der Waals surface area contributed by atoms with Gasteiger partial charge < -0.3 is 4.84 Å². The molecule has 1 saturated heterocycles. The van der Waals surface area contributed by atoms with Crippen molar-refractivity contribution in [2.24, 2.45) is 0 Å². The summed E-state index contributed by atoms with van der Waals surface area (Å²) in [6.45, 7) is 3.40. The first kappa shape index (κ1) is 7.88. The standard InChI is InChI=1S/C6H11NO2S/c1-6-4-10-3-2-7(6)9-5-8/h5-6H,2-4H2,1H3. The molecule has 1 unspecified atom stereocenters. The molecule has 0 radical (unpaired) electrons. The fraction of sp³-hybridized carbons (Fsp3) is 0.833. The Morgan fingerprint density at radius 3 is 3.20 bits per heavy atom. The molecule has 0 aromatic rings. The van der Waals surface area contributed by atoms with Crippen LogP contribution in [-0.4, -0.2) is 35.6 Å². The molecule has 0 N–H and O–H groups in total. The van der Waals surface area contributed by atoms with Crippen molar-refractivity contribution in [3.8, 4) is 0 Å². The lowest BCUT2D eigenvalue weighted by Crippen LogP contribution is -2.39. The van der Waals surface area contributed by atoms with Crippen LogP contribution in [0.5, 0.6) is 0 Å². The van der Waals surface area contributed by atoms with Gasteiger partial charge in [0.15, 0.2) is 0 Å². The highest BCUT2D eigenvalue weighted by Crippen LogP contribution is 2.14. The van der Waals surface area contributed by atoms with Crippen molar-refractivity contribution in [3.05, 3.63) is 0 Å². The zero-order valence-electron chi connectivity index (χ0n) is 5.95. The van der Waals surface area contributed by atoms with Gasteiger partial charge in [0.1, 0.15) is 0 Å². The third-order valence-corrected chi connectivity index (χ3v) is 2.67. The second-order valence-electron chi connectivity index (χ2n) is 2.27. The molecule has 4 heteroatoms. The zero-order chi connectivity index (χ0) is 7.40. The van der Waals surface area contributed by atoms with E-state index in [0.29, 0.717) is 12.5 Å². The van der Waals surface area contributed by atoms with Crippen molar-refractivity contribution in [1.29, 1.82) is 0 Å². The molecule has 1 aliphatic heterocycles. The Hall–Kier alpha value is -0.220. The van der Waals surface area contributed by atoms with E-state index >= 15 is 0 Å². The van der Waals surface area contributed by atoms with E-state index in [1.54, 1.807) is 5.06 Å². The number of nitrogens with zero attached hydrogens (tertiary/aromatic N) is 1. The van der Waals surface area contributed by atoms with Crippen molar-refractivity contribution < 1.29 is 9.63 Å². The third-order valence-electron chi connectivity index (χ3n) is 1.49. The lowest BCUT2D eigenvalue weighted by molar-refractivity contribution is -0.181. The lowest BCUT2D eigenvalue weighted by atomic mass is 10.4. The van der Waals surface area contributed by atoms with Crippen LogP contribution in [-0.2, 0) is 9.63 Å². The first-order chi connectivity index (χ1) is 4.84. The second kappa shape index (κ2) is 3.83. The molecule has 3 nitrogen and oxygen atoms in total. The zero-order valence-corrected chi connectivity index (χ0v) is 6.76. The minimum atomic E-state index is 0.365. The van der Waals surface area contributed by atoms with Crippen LogP contribution in [0.2, 0.25) is 0 Å².